The smallest absolute Gasteiger partial charge is 0.251 e. The Hall–Kier alpha value is -4.15. The van der Waals surface area contributed by atoms with Crippen LogP contribution in [0.1, 0.15) is 48.7 Å². The fourth-order valence-electron chi connectivity index (χ4n) is 4.09. The highest BCUT2D eigenvalue weighted by Crippen LogP contribution is 2.24. The number of carbonyl (C=O) groups excluding carboxylic acids is 3. The fraction of sp³-hybridized carbons (Fsp3) is 0.323. The van der Waals surface area contributed by atoms with Gasteiger partial charge in [-0.2, -0.15) is 0 Å². The van der Waals surface area contributed by atoms with Crippen molar-refractivity contribution in [3.05, 3.63) is 95.1 Å². The molecule has 218 valence electrons. The summed E-state index contributed by atoms with van der Waals surface area (Å²) < 4.78 is 33.4. The molecule has 0 aromatic heterocycles. The zero-order valence-electron chi connectivity index (χ0n) is 23.4. The molecule has 0 spiro atoms. The number of rotatable bonds is 13. The van der Waals surface area contributed by atoms with Crippen LogP contribution in [0, 0.1) is 11.6 Å². The molecular formula is C31H36F2N4O4. The molecule has 0 bridgehead atoms. The fourth-order valence-corrected chi connectivity index (χ4v) is 4.09. The molecule has 0 fully saturated rings. The van der Waals surface area contributed by atoms with Crippen molar-refractivity contribution in [1.82, 2.24) is 16.0 Å². The van der Waals surface area contributed by atoms with E-state index in [1.54, 1.807) is 26.0 Å². The third-order valence-electron chi connectivity index (χ3n) is 6.10. The lowest BCUT2D eigenvalue weighted by molar-refractivity contribution is -0.131. The molecule has 3 aromatic rings. The second-order valence-electron chi connectivity index (χ2n) is 10.3. The van der Waals surface area contributed by atoms with Gasteiger partial charge in [-0.1, -0.05) is 48.5 Å². The maximum Gasteiger partial charge on any atom is 0.251 e. The Morgan fingerprint density at radius 2 is 1.59 bits per heavy atom. The molecule has 0 aliphatic heterocycles. The van der Waals surface area contributed by atoms with E-state index >= 15 is 0 Å². The van der Waals surface area contributed by atoms with Gasteiger partial charge in [-0.3, -0.25) is 14.4 Å². The predicted octanol–water partition coefficient (Wildman–Crippen LogP) is 3.83. The third-order valence-corrected chi connectivity index (χ3v) is 6.10. The van der Waals surface area contributed by atoms with E-state index in [1.165, 1.54) is 6.07 Å². The SMILES string of the molecule is CCNC(=O)c1ccccc1-c1ccc(CNC(=O)C(COCc2c(F)cccc2F)NC(=O)CC(C)(C)N)cc1. The van der Waals surface area contributed by atoms with E-state index in [1.807, 2.05) is 43.3 Å². The summed E-state index contributed by atoms with van der Waals surface area (Å²) in [5.41, 5.74) is 7.81. The quantitative estimate of drug-likeness (QED) is 0.251. The molecule has 0 saturated heterocycles. The molecule has 1 atom stereocenters. The van der Waals surface area contributed by atoms with Gasteiger partial charge in [0.15, 0.2) is 0 Å². The van der Waals surface area contributed by atoms with Gasteiger partial charge in [0.2, 0.25) is 11.8 Å². The van der Waals surface area contributed by atoms with Gasteiger partial charge in [-0.15, -0.1) is 0 Å². The Labute approximate surface area is 238 Å². The van der Waals surface area contributed by atoms with Crippen LogP contribution < -0.4 is 21.7 Å². The van der Waals surface area contributed by atoms with Gasteiger partial charge in [0.1, 0.15) is 17.7 Å². The summed E-state index contributed by atoms with van der Waals surface area (Å²) in [5, 5.41) is 8.18. The zero-order valence-corrected chi connectivity index (χ0v) is 23.4. The van der Waals surface area contributed by atoms with Crippen LogP contribution in [0.5, 0.6) is 0 Å². The number of nitrogens with one attached hydrogen (secondary N) is 3. The van der Waals surface area contributed by atoms with Crippen LogP contribution in [0.15, 0.2) is 66.7 Å². The van der Waals surface area contributed by atoms with Crippen LogP contribution in [0.25, 0.3) is 11.1 Å². The van der Waals surface area contributed by atoms with Crippen molar-refractivity contribution in [2.75, 3.05) is 13.2 Å². The number of ether oxygens (including phenoxy) is 1. The Bertz CT molecular complexity index is 1340. The number of hydrogen-bond acceptors (Lipinski definition) is 5. The number of hydrogen-bond donors (Lipinski definition) is 4. The van der Waals surface area contributed by atoms with E-state index in [4.69, 9.17) is 10.5 Å². The molecule has 0 saturated carbocycles. The van der Waals surface area contributed by atoms with E-state index in [0.717, 1.165) is 28.8 Å². The topological polar surface area (TPSA) is 123 Å². The lowest BCUT2D eigenvalue weighted by Crippen LogP contribution is -2.51. The van der Waals surface area contributed by atoms with Crippen LogP contribution in [0.2, 0.25) is 0 Å². The first kappa shape index (κ1) is 31.4. The minimum atomic E-state index is -1.12. The van der Waals surface area contributed by atoms with Gasteiger partial charge in [-0.25, -0.2) is 8.78 Å². The monoisotopic (exact) mass is 566 g/mol. The van der Waals surface area contributed by atoms with E-state index < -0.39 is 41.6 Å². The van der Waals surface area contributed by atoms with Crippen molar-refractivity contribution in [2.45, 2.75) is 51.9 Å². The van der Waals surface area contributed by atoms with Gasteiger partial charge in [0.25, 0.3) is 5.91 Å². The summed E-state index contributed by atoms with van der Waals surface area (Å²) in [4.78, 5) is 38.0. The Kier molecular flexibility index (Phi) is 11.1. The molecule has 0 radical (unpaired) electrons. The first-order valence-electron chi connectivity index (χ1n) is 13.3. The van der Waals surface area contributed by atoms with Gasteiger partial charge in [0, 0.05) is 36.2 Å². The molecule has 5 N–H and O–H groups in total. The molecule has 41 heavy (non-hydrogen) atoms. The van der Waals surface area contributed by atoms with Gasteiger partial charge in [0.05, 0.1) is 13.2 Å². The highest BCUT2D eigenvalue weighted by atomic mass is 19.1. The highest BCUT2D eigenvalue weighted by Gasteiger charge is 2.24. The molecule has 3 rings (SSSR count). The second kappa shape index (κ2) is 14.5. The molecule has 0 heterocycles. The van der Waals surface area contributed by atoms with Crippen molar-refractivity contribution in [1.29, 1.82) is 0 Å². The summed E-state index contributed by atoms with van der Waals surface area (Å²) in [6.45, 7) is 5.14. The van der Waals surface area contributed by atoms with Crippen LogP contribution in [-0.2, 0) is 27.5 Å². The molecule has 8 nitrogen and oxygen atoms in total. The average molecular weight is 567 g/mol. The molecule has 10 heteroatoms. The highest BCUT2D eigenvalue weighted by molar-refractivity contribution is 6.00. The number of carbonyl (C=O) groups is 3. The maximum atomic E-state index is 14.0. The molecular weight excluding hydrogens is 530 g/mol. The summed E-state index contributed by atoms with van der Waals surface area (Å²) in [7, 11) is 0. The van der Waals surface area contributed by atoms with Crippen LogP contribution in [-0.4, -0.2) is 42.5 Å². The van der Waals surface area contributed by atoms with Gasteiger partial charge in [-0.05, 0) is 55.7 Å². The number of nitrogens with two attached hydrogens (primary N) is 1. The Morgan fingerprint density at radius 3 is 2.22 bits per heavy atom. The third kappa shape index (κ3) is 9.47. The van der Waals surface area contributed by atoms with Crippen molar-refractivity contribution < 1.29 is 27.9 Å². The van der Waals surface area contributed by atoms with Crippen molar-refractivity contribution in [3.63, 3.8) is 0 Å². The van der Waals surface area contributed by atoms with Crippen molar-refractivity contribution >= 4 is 17.7 Å². The largest absolute Gasteiger partial charge is 0.374 e. The summed E-state index contributed by atoms with van der Waals surface area (Å²) in [6, 6.07) is 17.0. The summed E-state index contributed by atoms with van der Waals surface area (Å²) in [5.74, 6) is -2.69. The molecule has 3 amide bonds. The first-order valence-corrected chi connectivity index (χ1v) is 13.3. The molecule has 0 aliphatic carbocycles. The number of halogens is 2. The molecule has 3 aromatic carbocycles. The predicted molar refractivity (Wildman–Crippen MR) is 153 cm³/mol. The first-order chi connectivity index (χ1) is 19.5. The van der Waals surface area contributed by atoms with Crippen molar-refractivity contribution in [3.8, 4) is 11.1 Å². The van der Waals surface area contributed by atoms with E-state index in [9.17, 15) is 23.2 Å². The van der Waals surface area contributed by atoms with Gasteiger partial charge < -0.3 is 26.4 Å². The van der Waals surface area contributed by atoms with E-state index in [-0.39, 0.29) is 31.0 Å². The zero-order chi connectivity index (χ0) is 30.0. The van der Waals surface area contributed by atoms with Crippen LogP contribution >= 0.6 is 0 Å². The van der Waals surface area contributed by atoms with Gasteiger partial charge >= 0.3 is 0 Å². The summed E-state index contributed by atoms with van der Waals surface area (Å²) in [6.07, 6.45) is -0.0437. The minimum Gasteiger partial charge on any atom is -0.374 e. The maximum absolute atomic E-state index is 14.0. The van der Waals surface area contributed by atoms with E-state index in [2.05, 4.69) is 16.0 Å². The van der Waals surface area contributed by atoms with Crippen molar-refractivity contribution in [2.24, 2.45) is 5.73 Å². The Morgan fingerprint density at radius 1 is 0.927 bits per heavy atom. The lowest BCUT2D eigenvalue weighted by Gasteiger charge is -2.22. The summed E-state index contributed by atoms with van der Waals surface area (Å²) >= 11 is 0. The molecule has 0 aliphatic rings. The van der Waals surface area contributed by atoms with Crippen LogP contribution in [0.3, 0.4) is 0 Å². The normalized spacial score (nSPS) is 12.0. The number of benzene rings is 3. The average Bonchev–Trinajstić information content (AvgIpc) is 2.92. The number of amides is 3. The lowest BCUT2D eigenvalue weighted by atomic mass is 9.98. The van der Waals surface area contributed by atoms with E-state index in [0.29, 0.717) is 12.1 Å². The Balaban J connectivity index is 1.66. The minimum absolute atomic E-state index is 0.0437. The second-order valence-corrected chi connectivity index (χ2v) is 10.3. The molecule has 1 unspecified atom stereocenters. The van der Waals surface area contributed by atoms with Crippen LogP contribution in [0.4, 0.5) is 8.78 Å². The standard InChI is InChI=1S/C31H36F2N4O4/c1-4-35-29(39)23-9-6-5-8-22(23)21-14-12-20(13-15-21)17-36-30(40)27(37-28(38)16-31(2,3)34)19-41-18-24-25(32)10-7-11-26(24)33/h5-15,27H,4,16-19,34H2,1-3H3,(H,35,39)(H,36,40)(H,37,38).